The number of thiazole rings is 1. The Labute approximate surface area is 89.2 Å². The van der Waals surface area contributed by atoms with Crippen LogP contribution in [-0.2, 0) is 6.54 Å². The molecule has 0 aliphatic carbocycles. The second-order valence-electron chi connectivity index (χ2n) is 3.40. The van der Waals surface area contributed by atoms with Gasteiger partial charge in [-0.3, -0.25) is 0 Å². The van der Waals surface area contributed by atoms with E-state index in [0.717, 1.165) is 31.6 Å². The van der Waals surface area contributed by atoms with Gasteiger partial charge in [0.1, 0.15) is 0 Å². The lowest BCUT2D eigenvalue weighted by atomic mass is 10.0. The molecular formula is C10H18N2OS. The molecule has 1 aromatic heterocycles. The molecule has 1 heterocycles. The van der Waals surface area contributed by atoms with Crippen LogP contribution >= 0.6 is 11.3 Å². The number of hydrogen-bond acceptors (Lipinski definition) is 4. The minimum atomic E-state index is 0.289. The molecule has 0 aliphatic heterocycles. The highest BCUT2D eigenvalue weighted by Gasteiger charge is 2.04. The van der Waals surface area contributed by atoms with Gasteiger partial charge in [0.25, 0.3) is 0 Å². The van der Waals surface area contributed by atoms with E-state index in [0.29, 0.717) is 5.92 Å². The fourth-order valence-electron chi connectivity index (χ4n) is 1.36. The van der Waals surface area contributed by atoms with Gasteiger partial charge < -0.3 is 10.4 Å². The van der Waals surface area contributed by atoms with E-state index in [9.17, 15) is 0 Å². The van der Waals surface area contributed by atoms with Gasteiger partial charge in [0.05, 0.1) is 11.2 Å². The molecule has 0 aliphatic rings. The summed E-state index contributed by atoms with van der Waals surface area (Å²) in [5.74, 6) is 0.582. The second kappa shape index (κ2) is 6.92. The summed E-state index contributed by atoms with van der Waals surface area (Å²) in [6, 6.07) is 0. The van der Waals surface area contributed by atoms with Crippen molar-refractivity contribution in [3.8, 4) is 0 Å². The second-order valence-corrected chi connectivity index (χ2v) is 4.12. The molecule has 4 heteroatoms. The third-order valence-electron chi connectivity index (χ3n) is 2.34. The molecule has 14 heavy (non-hydrogen) atoms. The highest BCUT2D eigenvalue weighted by atomic mass is 32.1. The van der Waals surface area contributed by atoms with Crippen LogP contribution in [0.3, 0.4) is 0 Å². The first-order chi connectivity index (χ1) is 6.86. The number of nitrogens with one attached hydrogen (secondary N) is 1. The first kappa shape index (κ1) is 11.6. The van der Waals surface area contributed by atoms with Gasteiger partial charge in [-0.15, -0.1) is 11.3 Å². The summed E-state index contributed by atoms with van der Waals surface area (Å²) in [4.78, 5) is 4.19. The summed E-state index contributed by atoms with van der Waals surface area (Å²) in [6.45, 7) is 4.25. The zero-order valence-corrected chi connectivity index (χ0v) is 9.39. The van der Waals surface area contributed by atoms with Crippen molar-refractivity contribution in [2.75, 3.05) is 13.2 Å². The molecule has 0 saturated carbocycles. The Bertz CT molecular complexity index is 226. The molecule has 0 fully saturated rings. The van der Waals surface area contributed by atoms with Crippen molar-refractivity contribution < 1.29 is 5.11 Å². The molecule has 0 radical (unpaired) electrons. The van der Waals surface area contributed by atoms with Crippen molar-refractivity contribution >= 4 is 11.3 Å². The van der Waals surface area contributed by atoms with Crippen LogP contribution in [0, 0.1) is 5.92 Å². The summed E-state index contributed by atoms with van der Waals surface area (Å²) in [6.07, 6.45) is 2.01. The zero-order valence-electron chi connectivity index (χ0n) is 8.57. The van der Waals surface area contributed by atoms with E-state index in [4.69, 9.17) is 5.11 Å². The van der Waals surface area contributed by atoms with Crippen LogP contribution in [0.2, 0.25) is 0 Å². The van der Waals surface area contributed by atoms with E-state index in [1.54, 1.807) is 11.3 Å². The number of aromatic nitrogens is 1. The highest BCUT2D eigenvalue weighted by molar-refractivity contribution is 7.07. The van der Waals surface area contributed by atoms with Crippen LogP contribution in [0.4, 0.5) is 0 Å². The van der Waals surface area contributed by atoms with Crippen LogP contribution in [0.5, 0.6) is 0 Å². The van der Waals surface area contributed by atoms with Crippen LogP contribution in [-0.4, -0.2) is 23.2 Å². The lowest BCUT2D eigenvalue weighted by molar-refractivity contribution is 0.251. The van der Waals surface area contributed by atoms with Crippen molar-refractivity contribution in [3.63, 3.8) is 0 Å². The molecule has 0 saturated heterocycles. The molecule has 0 aromatic carbocycles. The van der Waals surface area contributed by atoms with Crippen molar-refractivity contribution in [2.24, 2.45) is 5.92 Å². The summed E-state index contributed by atoms with van der Waals surface area (Å²) < 4.78 is 0. The van der Waals surface area contributed by atoms with Gasteiger partial charge in [-0.25, -0.2) is 4.98 Å². The molecule has 80 valence electrons. The first-order valence-electron chi connectivity index (χ1n) is 5.05. The molecule has 0 spiro atoms. The summed E-state index contributed by atoms with van der Waals surface area (Å²) in [7, 11) is 0. The molecule has 1 atom stereocenters. The molecule has 0 amide bonds. The van der Waals surface area contributed by atoms with E-state index >= 15 is 0 Å². The third kappa shape index (κ3) is 4.17. The topological polar surface area (TPSA) is 45.1 Å². The summed E-state index contributed by atoms with van der Waals surface area (Å²) in [5.41, 5.74) is 2.95. The number of hydrogen-bond donors (Lipinski definition) is 2. The van der Waals surface area contributed by atoms with Crippen molar-refractivity contribution in [3.05, 3.63) is 16.6 Å². The summed E-state index contributed by atoms with van der Waals surface area (Å²) >= 11 is 1.62. The number of rotatable bonds is 7. The zero-order chi connectivity index (χ0) is 10.2. The van der Waals surface area contributed by atoms with Gasteiger partial charge in [0.2, 0.25) is 0 Å². The summed E-state index contributed by atoms with van der Waals surface area (Å²) in [5, 5.41) is 14.2. The standard InChI is InChI=1S/C10H18N2OS/c1-2-9(3-4-13)5-11-6-10-7-14-8-12-10/h7-9,11,13H,2-6H2,1H3. The molecular weight excluding hydrogens is 196 g/mol. The Kier molecular flexibility index (Phi) is 5.75. The normalized spacial score (nSPS) is 13.0. The van der Waals surface area contributed by atoms with Crippen LogP contribution in [0.1, 0.15) is 25.5 Å². The highest BCUT2D eigenvalue weighted by Crippen LogP contribution is 2.06. The third-order valence-corrected chi connectivity index (χ3v) is 2.97. The van der Waals surface area contributed by atoms with E-state index in [-0.39, 0.29) is 6.61 Å². The average Bonchev–Trinajstić information content (AvgIpc) is 2.69. The Morgan fingerprint density at radius 3 is 3.07 bits per heavy atom. The molecule has 0 bridgehead atoms. The van der Waals surface area contributed by atoms with Gasteiger partial charge >= 0.3 is 0 Å². The molecule has 3 nitrogen and oxygen atoms in total. The molecule has 1 aromatic rings. The Hall–Kier alpha value is -0.450. The Balaban J connectivity index is 2.13. The quantitative estimate of drug-likeness (QED) is 0.725. The van der Waals surface area contributed by atoms with Crippen molar-refractivity contribution in [1.82, 2.24) is 10.3 Å². The van der Waals surface area contributed by atoms with Gasteiger partial charge in [-0.1, -0.05) is 13.3 Å². The molecule has 1 rings (SSSR count). The predicted octanol–water partition coefficient (Wildman–Crippen LogP) is 1.64. The monoisotopic (exact) mass is 214 g/mol. The van der Waals surface area contributed by atoms with E-state index in [2.05, 4.69) is 22.6 Å². The van der Waals surface area contributed by atoms with E-state index in [1.807, 2.05) is 5.51 Å². The molecule has 2 N–H and O–H groups in total. The van der Waals surface area contributed by atoms with Crippen LogP contribution in [0.15, 0.2) is 10.9 Å². The van der Waals surface area contributed by atoms with Crippen molar-refractivity contribution in [1.29, 1.82) is 0 Å². The lowest BCUT2D eigenvalue weighted by Crippen LogP contribution is -2.23. The lowest BCUT2D eigenvalue weighted by Gasteiger charge is -2.13. The van der Waals surface area contributed by atoms with Crippen LogP contribution in [0.25, 0.3) is 0 Å². The van der Waals surface area contributed by atoms with Crippen molar-refractivity contribution in [2.45, 2.75) is 26.3 Å². The van der Waals surface area contributed by atoms with Gasteiger partial charge in [-0.05, 0) is 18.9 Å². The minimum Gasteiger partial charge on any atom is -0.396 e. The number of aliphatic hydroxyl groups excluding tert-OH is 1. The Morgan fingerprint density at radius 2 is 2.50 bits per heavy atom. The van der Waals surface area contributed by atoms with E-state index < -0.39 is 0 Å². The van der Waals surface area contributed by atoms with Gasteiger partial charge in [0.15, 0.2) is 0 Å². The maximum atomic E-state index is 8.81. The van der Waals surface area contributed by atoms with Gasteiger partial charge in [0, 0.05) is 18.5 Å². The maximum Gasteiger partial charge on any atom is 0.0795 e. The number of nitrogens with zero attached hydrogens (tertiary/aromatic N) is 1. The number of aliphatic hydroxyl groups is 1. The predicted molar refractivity (Wildman–Crippen MR) is 59.3 cm³/mol. The fourth-order valence-corrected chi connectivity index (χ4v) is 1.92. The van der Waals surface area contributed by atoms with E-state index in [1.165, 1.54) is 0 Å². The smallest absolute Gasteiger partial charge is 0.0795 e. The SMILES string of the molecule is CCC(CCO)CNCc1cscn1. The Morgan fingerprint density at radius 1 is 1.64 bits per heavy atom. The maximum absolute atomic E-state index is 8.81. The van der Waals surface area contributed by atoms with Gasteiger partial charge in [-0.2, -0.15) is 0 Å². The average molecular weight is 214 g/mol. The first-order valence-corrected chi connectivity index (χ1v) is 5.99. The largest absolute Gasteiger partial charge is 0.396 e. The van der Waals surface area contributed by atoms with Crippen LogP contribution < -0.4 is 5.32 Å². The minimum absolute atomic E-state index is 0.289. The fraction of sp³-hybridized carbons (Fsp3) is 0.700. The molecule has 1 unspecified atom stereocenters.